The van der Waals surface area contributed by atoms with E-state index >= 15 is 0 Å². The lowest BCUT2D eigenvalue weighted by Crippen LogP contribution is -2.09. The van der Waals surface area contributed by atoms with Gasteiger partial charge in [-0.25, -0.2) is 4.79 Å². The predicted octanol–water partition coefficient (Wildman–Crippen LogP) is 2.71. The standard InChI is InChI=1S/C10H12O2S2/c1-2-12-10(11)8-5-14-9-6-13-4-3-7(8)9/h5H,2-4,6H2,1H3. The minimum absolute atomic E-state index is 0.156. The molecule has 0 amide bonds. The Labute approximate surface area is 91.7 Å². The van der Waals surface area contributed by atoms with Crippen molar-refractivity contribution >= 4 is 29.1 Å². The third-order valence-electron chi connectivity index (χ3n) is 2.21. The molecule has 4 heteroatoms. The molecule has 76 valence electrons. The van der Waals surface area contributed by atoms with Crippen molar-refractivity contribution in [3.05, 3.63) is 21.4 Å². The molecule has 1 aliphatic rings. The van der Waals surface area contributed by atoms with Crippen molar-refractivity contribution in [2.45, 2.75) is 19.1 Å². The summed E-state index contributed by atoms with van der Waals surface area (Å²) in [7, 11) is 0. The Hall–Kier alpha value is -0.480. The van der Waals surface area contributed by atoms with Gasteiger partial charge in [0.25, 0.3) is 0 Å². The van der Waals surface area contributed by atoms with E-state index in [2.05, 4.69) is 0 Å². The van der Waals surface area contributed by atoms with Gasteiger partial charge < -0.3 is 4.74 Å². The van der Waals surface area contributed by atoms with E-state index in [1.54, 1.807) is 11.3 Å². The molecule has 0 radical (unpaired) electrons. The molecule has 1 aromatic heterocycles. The second-order valence-corrected chi connectivity index (χ2v) is 5.14. The van der Waals surface area contributed by atoms with Crippen LogP contribution in [0.5, 0.6) is 0 Å². The summed E-state index contributed by atoms with van der Waals surface area (Å²) in [5, 5.41) is 1.94. The van der Waals surface area contributed by atoms with Crippen LogP contribution in [0.1, 0.15) is 27.7 Å². The van der Waals surface area contributed by atoms with Crippen LogP contribution in [0.2, 0.25) is 0 Å². The largest absolute Gasteiger partial charge is 0.462 e. The lowest BCUT2D eigenvalue weighted by atomic mass is 10.1. The maximum atomic E-state index is 11.6. The summed E-state index contributed by atoms with van der Waals surface area (Å²) in [4.78, 5) is 12.9. The van der Waals surface area contributed by atoms with Crippen molar-refractivity contribution in [1.29, 1.82) is 0 Å². The van der Waals surface area contributed by atoms with Gasteiger partial charge in [0.2, 0.25) is 0 Å². The number of carbonyl (C=O) groups excluding carboxylic acids is 1. The monoisotopic (exact) mass is 228 g/mol. The van der Waals surface area contributed by atoms with E-state index in [4.69, 9.17) is 4.74 Å². The van der Waals surface area contributed by atoms with E-state index in [1.807, 2.05) is 24.1 Å². The van der Waals surface area contributed by atoms with Gasteiger partial charge >= 0.3 is 5.97 Å². The Bertz CT molecular complexity index is 344. The van der Waals surface area contributed by atoms with Gasteiger partial charge in [-0.1, -0.05) is 0 Å². The second-order valence-electron chi connectivity index (χ2n) is 3.07. The Morgan fingerprint density at radius 1 is 1.64 bits per heavy atom. The molecular formula is C10H12O2S2. The van der Waals surface area contributed by atoms with Crippen LogP contribution < -0.4 is 0 Å². The average molecular weight is 228 g/mol. The molecular weight excluding hydrogens is 216 g/mol. The molecule has 0 fully saturated rings. The summed E-state index contributed by atoms with van der Waals surface area (Å²) in [5.41, 5.74) is 2.03. The number of rotatable bonds is 2. The van der Waals surface area contributed by atoms with Crippen molar-refractivity contribution in [2.75, 3.05) is 12.4 Å². The zero-order valence-electron chi connectivity index (χ0n) is 8.04. The zero-order chi connectivity index (χ0) is 9.97. The molecule has 0 atom stereocenters. The van der Waals surface area contributed by atoms with Gasteiger partial charge in [-0.2, -0.15) is 11.8 Å². The lowest BCUT2D eigenvalue weighted by molar-refractivity contribution is 0.0526. The Balaban J connectivity index is 2.25. The highest BCUT2D eigenvalue weighted by Crippen LogP contribution is 2.32. The molecule has 0 bridgehead atoms. The fourth-order valence-corrected chi connectivity index (χ4v) is 3.76. The highest BCUT2D eigenvalue weighted by molar-refractivity contribution is 7.98. The van der Waals surface area contributed by atoms with E-state index in [1.165, 1.54) is 10.4 Å². The molecule has 14 heavy (non-hydrogen) atoms. The zero-order valence-corrected chi connectivity index (χ0v) is 9.67. The normalized spacial score (nSPS) is 14.9. The summed E-state index contributed by atoms with van der Waals surface area (Å²) < 4.78 is 5.01. The quantitative estimate of drug-likeness (QED) is 0.728. The van der Waals surface area contributed by atoms with E-state index in [9.17, 15) is 4.79 Å². The maximum Gasteiger partial charge on any atom is 0.339 e. The van der Waals surface area contributed by atoms with Gasteiger partial charge in [0, 0.05) is 16.0 Å². The van der Waals surface area contributed by atoms with E-state index in [-0.39, 0.29) is 5.97 Å². The Morgan fingerprint density at radius 2 is 2.50 bits per heavy atom. The number of thioether (sulfide) groups is 1. The van der Waals surface area contributed by atoms with Gasteiger partial charge in [0.1, 0.15) is 0 Å². The van der Waals surface area contributed by atoms with Crippen LogP contribution in [0.4, 0.5) is 0 Å². The second kappa shape index (κ2) is 4.36. The smallest absolute Gasteiger partial charge is 0.339 e. The predicted molar refractivity (Wildman–Crippen MR) is 60.1 cm³/mol. The number of hydrogen-bond donors (Lipinski definition) is 0. The van der Waals surface area contributed by atoms with Crippen molar-refractivity contribution in [3.63, 3.8) is 0 Å². The van der Waals surface area contributed by atoms with Crippen LogP contribution in [-0.2, 0) is 16.9 Å². The molecule has 1 aromatic rings. The first-order chi connectivity index (χ1) is 6.83. The van der Waals surface area contributed by atoms with Gasteiger partial charge in [0.05, 0.1) is 12.2 Å². The summed E-state index contributed by atoms with van der Waals surface area (Å²) in [6.07, 6.45) is 1.01. The molecule has 0 saturated carbocycles. The molecule has 0 saturated heterocycles. The molecule has 2 rings (SSSR count). The molecule has 0 unspecified atom stereocenters. The van der Waals surface area contributed by atoms with Crippen molar-refractivity contribution in [3.8, 4) is 0 Å². The van der Waals surface area contributed by atoms with Crippen molar-refractivity contribution in [2.24, 2.45) is 0 Å². The summed E-state index contributed by atoms with van der Waals surface area (Å²) in [5.74, 6) is 2.02. The molecule has 2 nitrogen and oxygen atoms in total. The highest BCUT2D eigenvalue weighted by Gasteiger charge is 2.20. The average Bonchev–Trinajstić information content (AvgIpc) is 2.61. The maximum absolute atomic E-state index is 11.6. The molecule has 0 spiro atoms. The van der Waals surface area contributed by atoms with Crippen LogP contribution in [0.15, 0.2) is 5.38 Å². The summed E-state index contributed by atoms with van der Waals surface area (Å²) in [6, 6.07) is 0. The SMILES string of the molecule is CCOC(=O)c1csc2c1CCSC2. The highest BCUT2D eigenvalue weighted by atomic mass is 32.2. The minimum atomic E-state index is -0.156. The third-order valence-corrected chi connectivity index (χ3v) is 4.40. The minimum Gasteiger partial charge on any atom is -0.462 e. The van der Waals surface area contributed by atoms with Gasteiger partial charge in [-0.3, -0.25) is 0 Å². The summed E-state index contributed by atoms with van der Waals surface area (Å²) >= 11 is 3.62. The lowest BCUT2D eigenvalue weighted by Gasteiger charge is -2.11. The number of fused-ring (bicyclic) bond motifs is 1. The molecule has 0 N–H and O–H groups in total. The van der Waals surface area contributed by atoms with Crippen molar-refractivity contribution in [1.82, 2.24) is 0 Å². The number of hydrogen-bond acceptors (Lipinski definition) is 4. The van der Waals surface area contributed by atoms with Crippen LogP contribution in [-0.4, -0.2) is 18.3 Å². The number of esters is 1. The Morgan fingerprint density at radius 3 is 3.29 bits per heavy atom. The van der Waals surface area contributed by atoms with Gasteiger partial charge in [-0.15, -0.1) is 11.3 Å². The van der Waals surface area contributed by atoms with Gasteiger partial charge in [0.15, 0.2) is 0 Å². The number of thiophene rings is 1. The van der Waals surface area contributed by atoms with E-state index in [0.29, 0.717) is 6.61 Å². The van der Waals surface area contributed by atoms with Crippen LogP contribution >= 0.6 is 23.1 Å². The van der Waals surface area contributed by atoms with E-state index < -0.39 is 0 Å². The fourth-order valence-electron chi connectivity index (χ4n) is 1.54. The van der Waals surface area contributed by atoms with Crippen molar-refractivity contribution < 1.29 is 9.53 Å². The van der Waals surface area contributed by atoms with Crippen LogP contribution in [0.25, 0.3) is 0 Å². The number of carbonyl (C=O) groups is 1. The molecule has 1 aliphatic heterocycles. The van der Waals surface area contributed by atoms with Gasteiger partial charge in [-0.05, 0) is 24.7 Å². The van der Waals surface area contributed by atoms with Crippen LogP contribution in [0, 0.1) is 0 Å². The fraction of sp³-hybridized carbons (Fsp3) is 0.500. The first-order valence-corrected chi connectivity index (χ1v) is 6.70. The topological polar surface area (TPSA) is 26.3 Å². The molecule has 0 aliphatic carbocycles. The molecule has 2 heterocycles. The Kier molecular flexibility index (Phi) is 3.13. The van der Waals surface area contributed by atoms with Crippen LogP contribution in [0.3, 0.4) is 0 Å². The first-order valence-electron chi connectivity index (χ1n) is 4.67. The summed E-state index contributed by atoms with van der Waals surface area (Å²) in [6.45, 7) is 2.30. The molecule has 0 aromatic carbocycles. The number of ether oxygens (including phenoxy) is 1. The van der Waals surface area contributed by atoms with E-state index in [0.717, 1.165) is 23.5 Å². The third kappa shape index (κ3) is 1.81. The first kappa shape index (κ1) is 10.1.